The van der Waals surface area contributed by atoms with E-state index in [2.05, 4.69) is 13.2 Å². The standard InChI is InChI=1S/C14H14N2O2/c1-3-13(17)15-9-10-16(14(18)4-2)12-8-6-5-7-11(12)15/h3-8H,1-2,9-10H2. The lowest BCUT2D eigenvalue weighted by Crippen LogP contribution is -2.45. The van der Waals surface area contributed by atoms with Crippen molar-refractivity contribution >= 4 is 23.2 Å². The van der Waals surface area contributed by atoms with Gasteiger partial charge in [0.2, 0.25) is 0 Å². The lowest BCUT2D eigenvalue weighted by atomic mass is 10.1. The molecule has 4 heteroatoms. The second-order valence-corrected chi connectivity index (χ2v) is 3.88. The van der Waals surface area contributed by atoms with Crippen molar-refractivity contribution < 1.29 is 9.59 Å². The van der Waals surface area contributed by atoms with E-state index in [4.69, 9.17) is 0 Å². The minimum Gasteiger partial charge on any atom is -0.305 e. The zero-order valence-corrected chi connectivity index (χ0v) is 10.0. The Kier molecular flexibility index (Phi) is 3.28. The molecule has 0 spiro atoms. The number of carbonyl (C=O) groups excluding carboxylic acids is 2. The van der Waals surface area contributed by atoms with Crippen molar-refractivity contribution in [1.82, 2.24) is 0 Å². The van der Waals surface area contributed by atoms with Crippen LogP contribution in [0.25, 0.3) is 0 Å². The molecule has 92 valence electrons. The van der Waals surface area contributed by atoms with Crippen LogP contribution in [0.1, 0.15) is 0 Å². The average molecular weight is 242 g/mol. The number of hydrogen-bond acceptors (Lipinski definition) is 2. The molecule has 0 aromatic heterocycles. The number of hydrogen-bond donors (Lipinski definition) is 0. The van der Waals surface area contributed by atoms with Gasteiger partial charge in [-0.2, -0.15) is 0 Å². The Hall–Kier alpha value is -2.36. The number of para-hydroxylation sites is 2. The Bertz CT molecular complexity index is 475. The first kappa shape index (κ1) is 12.1. The average Bonchev–Trinajstić information content (AvgIpc) is 2.44. The Morgan fingerprint density at radius 1 is 0.944 bits per heavy atom. The number of fused-ring (bicyclic) bond motifs is 1. The largest absolute Gasteiger partial charge is 0.305 e. The fourth-order valence-electron chi connectivity index (χ4n) is 2.04. The molecule has 18 heavy (non-hydrogen) atoms. The van der Waals surface area contributed by atoms with Gasteiger partial charge in [0.15, 0.2) is 0 Å². The number of nitrogens with zero attached hydrogens (tertiary/aromatic N) is 2. The van der Waals surface area contributed by atoms with E-state index in [1.54, 1.807) is 9.80 Å². The molecule has 1 heterocycles. The molecule has 0 radical (unpaired) electrons. The first-order chi connectivity index (χ1) is 8.69. The van der Waals surface area contributed by atoms with Crippen LogP contribution in [0.2, 0.25) is 0 Å². The van der Waals surface area contributed by atoms with Crippen LogP contribution in [0.15, 0.2) is 49.6 Å². The number of benzene rings is 1. The first-order valence-corrected chi connectivity index (χ1v) is 5.66. The van der Waals surface area contributed by atoms with Gasteiger partial charge in [0.25, 0.3) is 11.8 Å². The molecule has 0 saturated carbocycles. The normalized spacial score (nSPS) is 13.8. The topological polar surface area (TPSA) is 40.6 Å². The van der Waals surface area contributed by atoms with Crippen molar-refractivity contribution in [2.45, 2.75) is 0 Å². The highest BCUT2D eigenvalue weighted by Crippen LogP contribution is 2.32. The smallest absolute Gasteiger partial charge is 0.250 e. The summed E-state index contributed by atoms with van der Waals surface area (Å²) in [5.41, 5.74) is 1.45. The molecule has 0 fully saturated rings. The zero-order valence-electron chi connectivity index (χ0n) is 10.0. The summed E-state index contributed by atoms with van der Waals surface area (Å²) in [6.45, 7) is 7.90. The van der Waals surface area contributed by atoms with Gasteiger partial charge in [-0.1, -0.05) is 25.3 Å². The van der Waals surface area contributed by atoms with Gasteiger partial charge in [-0.25, -0.2) is 0 Å². The zero-order chi connectivity index (χ0) is 13.1. The third-order valence-corrected chi connectivity index (χ3v) is 2.89. The number of amides is 2. The van der Waals surface area contributed by atoms with Gasteiger partial charge < -0.3 is 9.80 Å². The Morgan fingerprint density at radius 2 is 1.33 bits per heavy atom. The summed E-state index contributed by atoms with van der Waals surface area (Å²) >= 11 is 0. The number of rotatable bonds is 2. The molecule has 1 aliphatic heterocycles. The Balaban J connectivity index is 2.46. The van der Waals surface area contributed by atoms with Crippen LogP contribution in [0.3, 0.4) is 0 Å². The third kappa shape index (κ3) is 1.93. The number of carbonyl (C=O) groups is 2. The van der Waals surface area contributed by atoms with E-state index in [0.717, 1.165) is 11.4 Å². The maximum atomic E-state index is 11.8. The van der Waals surface area contributed by atoms with E-state index in [0.29, 0.717) is 13.1 Å². The van der Waals surface area contributed by atoms with Crippen molar-refractivity contribution in [3.63, 3.8) is 0 Å². The van der Waals surface area contributed by atoms with Gasteiger partial charge in [0.1, 0.15) is 0 Å². The molecule has 0 bridgehead atoms. The predicted molar refractivity (Wildman–Crippen MR) is 71.5 cm³/mol. The second-order valence-electron chi connectivity index (χ2n) is 3.88. The lowest BCUT2D eigenvalue weighted by Gasteiger charge is -2.35. The van der Waals surface area contributed by atoms with Crippen LogP contribution in [0.4, 0.5) is 11.4 Å². The van der Waals surface area contributed by atoms with Crippen molar-refractivity contribution in [2.75, 3.05) is 22.9 Å². The fraction of sp³-hybridized carbons (Fsp3) is 0.143. The van der Waals surface area contributed by atoms with Gasteiger partial charge in [-0.3, -0.25) is 9.59 Å². The van der Waals surface area contributed by atoms with Gasteiger partial charge >= 0.3 is 0 Å². The molecule has 0 unspecified atom stereocenters. The number of anilines is 2. The predicted octanol–water partition coefficient (Wildman–Crippen LogP) is 1.74. The van der Waals surface area contributed by atoms with E-state index < -0.39 is 0 Å². The van der Waals surface area contributed by atoms with Crippen LogP contribution < -0.4 is 9.80 Å². The monoisotopic (exact) mass is 242 g/mol. The van der Waals surface area contributed by atoms with Gasteiger partial charge in [0, 0.05) is 13.1 Å². The quantitative estimate of drug-likeness (QED) is 0.741. The SMILES string of the molecule is C=CC(=O)N1CCN(C(=O)C=C)c2ccccc21. The molecule has 2 amide bonds. The van der Waals surface area contributed by atoms with Crippen LogP contribution in [0.5, 0.6) is 0 Å². The minimum absolute atomic E-state index is 0.159. The second kappa shape index (κ2) is 4.87. The minimum atomic E-state index is -0.159. The molecular formula is C14H14N2O2. The lowest BCUT2D eigenvalue weighted by molar-refractivity contribution is -0.115. The van der Waals surface area contributed by atoms with E-state index >= 15 is 0 Å². The maximum absolute atomic E-state index is 11.8. The summed E-state index contributed by atoms with van der Waals surface area (Å²) in [6, 6.07) is 7.31. The van der Waals surface area contributed by atoms with E-state index in [-0.39, 0.29) is 11.8 Å². The molecule has 0 saturated heterocycles. The molecule has 0 aliphatic carbocycles. The molecule has 0 atom stereocenters. The summed E-state index contributed by atoms with van der Waals surface area (Å²) in [5.74, 6) is -0.318. The summed E-state index contributed by atoms with van der Waals surface area (Å²) in [4.78, 5) is 26.8. The highest BCUT2D eigenvalue weighted by atomic mass is 16.2. The highest BCUT2D eigenvalue weighted by molar-refractivity contribution is 6.09. The van der Waals surface area contributed by atoms with Crippen molar-refractivity contribution in [3.05, 3.63) is 49.6 Å². The molecule has 1 aromatic carbocycles. The van der Waals surface area contributed by atoms with E-state index in [9.17, 15) is 9.59 Å². The Labute approximate surface area is 106 Å². The Morgan fingerprint density at radius 3 is 1.67 bits per heavy atom. The van der Waals surface area contributed by atoms with E-state index in [1.807, 2.05) is 24.3 Å². The first-order valence-electron chi connectivity index (χ1n) is 5.66. The molecule has 2 rings (SSSR count). The molecule has 4 nitrogen and oxygen atoms in total. The van der Waals surface area contributed by atoms with Crippen molar-refractivity contribution in [3.8, 4) is 0 Å². The third-order valence-electron chi connectivity index (χ3n) is 2.89. The van der Waals surface area contributed by atoms with Gasteiger partial charge in [-0.15, -0.1) is 0 Å². The molecule has 1 aliphatic rings. The van der Waals surface area contributed by atoms with Crippen LogP contribution in [-0.4, -0.2) is 24.9 Å². The molecule has 1 aromatic rings. The summed E-state index contributed by atoms with van der Waals surface area (Å²) in [7, 11) is 0. The van der Waals surface area contributed by atoms with Crippen LogP contribution in [-0.2, 0) is 9.59 Å². The molecule has 0 N–H and O–H groups in total. The summed E-state index contributed by atoms with van der Waals surface area (Å²) in [5, 5.41) is 0. The van der Waals surface area contributed by atoms with E-state index in [1.165, 1.54) is 12.2 Å². The molecular weight excluding hydrogens is 228 g/mol. The maximum Gasteiger partial charge on any atom is 0.250 e. The summed E-state index contributed by atoms with van der Waals surface area (Å²) < 4.78 is 0. The van der Waals surface area contributed by atoms with Crippen LogP contribution in [0, 0.1) is 0 Å². The highest BCUT2D eigenvalue weighted by Gasteiger charge is 2.27. The summed E-state index contributed by atoms with van der Waals surface area (Å²) in [6.07, 6.45) is 2.56. The van der Waals surface area contributed by atoms with Gasteiger partial charge in [-0.05, 0) is 24.3 Å². The van der Waals surface area contributed by atoms with Crippen molar-refractivity contribution in [1.29, 1.82) is 0 Å². The van der Waals surface area contributed by atoms with Gasteiger partial charge in [0.05, 0.1) is 11.4 Å². The van der Waals surface area contributed by atoms with Crippen LogP contribution >= 0.6 is 0 Å². The van der Waals surface area contributed by atoms with Crippen molar-refractivity contribution in [2.24, 2.45) is 0 Å². The fourth-order valence-corrected chi connectivity index (χ4v) is 2.04.